The Morgan fingerprint density at radius 2 is 2.16 bits per heavy atom. The van der Waals surface area contributed by atoms with Crippen molar-refractivity contribution < 1.29 is 24.5 Å². The summed E-state index contributed by atoms with van der Waals surface area (Å²) >= 11 is 0. The smallest absolute Gasteiger partial charge is 0.348 e. The molecule has 1 aromatic rings. The molecule has 0 atom stereocenters. The van der Waals surface area contributed by atoms with E-state index in [1.807, 2.05) is 0 Å². The van der Waals surface area contributed by atoms with Crippen molar-refractivity contribution in [2.24, 2.45) is 0 Å². The summed E-state index contributed by atoms with van der Waals surface area (Å²) in [5, 5.41) is 27.0. The van der Waals surface area contributed by atoms with Crippen molar-refractivity contribution in [2.75, 3.05) is 6.61 Å². The summed E-state index contributed by atoms with van der Waals surface area (Å²) in [6.45, 7) is 1.75. The maximum absolute atomic E-state index is 11.4. The predicted octanol–water partition coefficient (Wildman–Crippen LogP) is 1.56. The molecule has 0 saturated carbocycles. The minimum atomic E-state index is -1.26. The summed E-state index contributed by atoms with van der Waals surface area (Å²) in [6.07, 6.45) is 1.21. The Balaban J connectivity index is 3.11. The summed E-state index contributed by atoms with van der Waals surface area (Å²) in [6, 6.07) is 5.39. The normalized spacial score (nSPS) is 10.6. The number of carboxylic acids is 1. The molecule has 0 aliphatic rings. The Bertz CT molecular complexity index is 583. The third-order valence-corrected chi connectivity index (χ3v) is 2.18. The third-order valence-electron chi connectivity index (χ3n) is 2.18. The van der Waals surface area contributed by atoms with Gasteiger partial charge in [-0.05, 0) is 30.7 Å². The number of carbonyl (C=O) groups is 2. The van der Waals surface area contributed by atoms with Gasteiger partial charge in [0.2, 0.25) is 0 Å². The first kappa shape index (κ1) is 14.3. The van der Waals surface area contributed by atoms with Crippen LogP contribution < -0.4 is 0 Å². The highest BCUT2D eigenvalue weighted by Crippen LogP contribution is 2.20. The molecule has 0 radical (unpaired) electrons. The molecule has 0 aromatic heterocycles. The Morgan fingerprint density at radius 3 is 2.63 bits per heavy atom. The molecule has 0 aliphatic carbocycles. The van der Waals surface area contributed by atoms with E-state index < -0.39 is 17.7 Å². The summed E-state index contributed by atoms with van der Waals surface area (Å²) in [5.41, 5.74) is -0.164. The molecule has 1 rings (SSSR count). The van der Waals surface area contributed by atoms with E-state index >= 15 is 0 Å². The van der Waals surface area contributed by atoms with Gasteiger partial charge < -0.3 is 14.9 Å². The van der Waals surface area contributed by atoms with E-state index in [0.29, 0.717) is 5.56 Å². The van der Waals surface area contributed by atoms with Crippen LogP contribution in [0.15, 0.2) is 23.8 Å². The molecular formula is C13H11NO5. The van der Waals surface area contributed by atoms with Crippen LogP contribution in [0.25, 0.3) is 6.08 Å². The van der Waals surface area contributed by atoms with Crippen molar-refractivity contribution >= 4 is 18.0 Å². The highest BCUT2D eigenvalue weighted by Gasteiger charge is 2.12. The van der Waals surface area contributed by atoms with Gasteiger partial charge in [-0.3, -0.25) is 0 Å². The molecule has 0 spiro atoms. The number of aromatic carboxylic acids is 1. The number of nitriles is 1. The van der Waals surface area contributed by atoms with Crippen molar-refractivity contribution in [3.05, 3.63) is 34.9 Å². The average Bonchev–Trinajstić information content (AvgIpc) is 2.35. The fourth-order valence-electron chi connectivity index (χ4n) is 1.33. The minimum Gasteiger partial charge on any atom is -0.507 e. The summed E-state index contributed by atoms with van der Waals surface area (Å²) in [7, 11) is 0. The quantitative estimate of drug-likeness (QED) is 0.483. The van der Waals surface area contributed by atoms with Gasteiger partial charge in [0, 0.05) is 0 Å². The van der Waals surface area contributed by atoms with Crippen LogP contribution in [0.3, 0.4) is 0 Å². The number of rotatable bonds is 4. The maximum atomic E-state index is 11.4. The zero-order valence-corrected chi connectivity index (χ0v) is 10.1. The predicted molar refractivity (Wildman–Crippen MR) is 65.3 cm³/mol. The molecule has 2 N–H and O–H groups in total. The molecule has 6 nitrogen and oxygen atoms in total. The number of aromatic hydroxyl groups is 1. The number of esters is 1. The van der Waals surface area contributed by atoms with E-state index in [1.165, 1.54) is 18.2 Å². The Labute approximate surface area is 109 Å². The second-order valence-corrected chi connectivity index (χ2v) is 3.47. The van der Waals surface area contributed by atoms with Crippen LogP contribution in [0, 0.1) is 11.3 Å². The zero-order chi connectivity index (χ0) is 14.4. The summed E-state index contributed by atoms with van der Waals surface area (Å²) in [4.78, 5) is 22.1. The second kappa shape index (κ2) is 6.21. The highest BCUT2D eigenvalue weighted by molar-refractivity contribution is 5.98. The molecule has 98 valence electrons. The number of hydrogen-bond acceptors (Lipinski definition) is 5. The minimum absolute atomic E-state index is 0.140. The Hall–Kier alpha value is -2.81. The molecule has 0 aliphatic heterocycles. The Kier molecular flexibility index (Phi) is 4.66. The fourth-order valence-corrected chi connectivity index (χ4v) is 1.33. The lowest BCUT2D eigenvalue weighted by Gasteiger charge is -2.02. The molecule has 0 amide bonds. The molecule has 0 fully saturated rings. The number of phenols is 1. The van der Waals surface area contributed by atoms with Gasteiger partial charge in [0.1, 0.15) is 23.0 Å². The van der Waals surface area contributed by atoms with Crippen LogP contribution in [0.4, 0.5) is 0 Å². The molecular weight excluding hydrogens is 250 g/mol. The van der Waals surface area contributed by atoms with E-state index in [0.717, 1.165) is 6.07 Å². The largest absolute Gasteiger partial charge is 0.507 e. The molecule has 0 heterocycles. The first-order chi connectivity index (χ1) is 8.99. The van der Waals surface area contributed by atoms with Crippen molar-refractivity contribution in [3.63, 3.8) is 0 Å². The lowest BCUT2D eigenvalue weighted by atomic mass is 10.1. The second-order valence-electron chi connectivity index (χ2n) is 3.47. The van der Waals surface area contributed by atoms with Crippen LogP contribution in [-0.2, 0) is 9.53 Å². The molecule has 1 aromatic carbocycles. The maximum Gasteiger partial charge on any atom is 0.348 e. The number of ether oxygens (including phenoxy) is 1. The highest BCUT2D eigenvalue weighted by atomic mass is 16.5. The SMILES string of the molecule is CCOC(=O)/C(C#N)=C/c1ccc(C(=O)O)c(O)c1. The van der Waals surface area contributed by atoms with Crippen molar-refractivity contribution in [1.29, 1.82) is 5.26 Å². The lowest BCUT2D eigenvalue weighted by molar-refractivity contribution is -0.137. The lowest BCUT2D eigenvalue weighted by Crippen LogP contribution is -2.06. The standard InChI is InChI=1S/C13H11NO5/c1-2-19-13(18)9(7-14)5-8-3-4-10(12(16)17)11(15)6-8/h3-6,15H,2H2,1H3,(H,16,17)/b9-5+. The van der Waals surface area contributed by atoms with Gasteiger partial charge in [-0.25, -0.2) is 9.59 Å². The number of carbonyl (C=O) groups excluding carboxylic acids is 1. The first-order valence-corrected chi connectivity index (χ1v) is 5.34. The van der Waals surface area contributed by atoms with Crippen LogP contribution in [-0.4, -0.2) is 28.8 Å². The van der Waals surface area contributed by atoms with E-state index in [9.17, 15) is 14.7 Å². The van der Waals surface area contributed by atoms with Gasteiger partial charge in [0.05, 0.1) is 6.61 Å². The van der Waals surface area contributed by atoms with Gasteiger partial charge in [0.15, 0.2) is 0 Å². The third kappa shape index (κ3) is 3.57. The van der Waals surface area contributed by atoms with Gasteiger partial charge >= 0.3 is 11.9 Å². The van der Waals surface area contributed by atoms with E-state index in [-0.39, 0.29) is 17.7 Å². The number of benzene rings is 1. The number of nitrogens with zero attached hydrogens (tertiary/aromatic N) is 1. The average molecular weight is 261 g/mol. The molecule has 19 heavy (non-hydrogen) atoms. The first-order valence-electron chi connectivity index (χ1n) is 5.34. The van der Waals surface area contributed by atoms with Gasteiger partial charge in [0.25, 0.3) is 0 Å². The van der Waals surface area contributed by atoms with Crippen LogP contribution >= 0.6 is 0 Å². The van der Waals surface area contributed by atoms with Crippen molar-refractivity contribution in [1.82, 2.24) is 0 Å². The van der Waals surface area contributed by atoms with E-state index in [4.69, 9.17) is 10.4 Å². The van der Waals surface area contributed by atoms with Gasteiger partial charge in [-0.15, -0.1) is 0 Å². The molecule has 0 bridgehead atoms. The number of carboxylic acid groups (broad SMARTS) is 1. The molecule has 6 heteroatoms. The van der Waals surface area contributed by atoms with E-state index in [1.54, 1.807) is 13.0 Å². The monoisotopic (exact) mass is 261 g/mol. The van der Waals surface area contributed by atoms with Crippen LogP contribution in [0.2, 0.25) is 0 Å². The number of hydrogen-bond donors (Lipinski definition) is 2. The Morgan fingerprint density at radius 1 is 1.47 bits per heavy atom. The summed E-state index contributed by atoms with van der Waals surface area (Å²) < 4.78 is 4.67. The van der Waals surface area contributed by atoms with Crippen LogP contribution in [0.5, 0.6) is 5.75 Å². The topological polar surface area (TPSA) is 108 Å². The van der Waals surface area contributed by atoms with Crippen molar-refractivity contribution in [2.45, 2.75) is 6.92 Å². The van der Waals surface area contributed by atoms with E-state index in [2.05, 4.69) is 4.74 Å². The van der Waals surface area contributed by atoms with Gasteiger partial charge in [-0.2, -0.15) is 5.26 Å². The molecule has 0 unspecified atom stereocenters. The summed E-state index contributed by atoms with van der Waals surface area (Å²) in [5.74, 6) is -2.48. The zero-order valence-electron chi connectivity index (χ0n) is 10.1. The molecule has 0 saturated heterocycles. The van der Waals surface area contributed by atoms with Crippen LogP contribution in [0.1, 0.15) is 22.8 Å². The fraction of sp³-hybridized carbons (Fsp3) is 0.154. The van der Waals surface area contributed by atoms with Crippen molar-refractivity contribution in [3.8, 4) is 11.8 Å². The van der Waals surface area contributed by atoms with Gasteiger partial charge in [-0.1, -0.05) is 6.07 Å².